The lowest BCUT2D eigenvalue weighted by Gasteiger charge is -2.13. The fourth-order valence-electron chi connectivity index (χ4n) is 1.91. The van der Waals surface area contributed by atoms with E-state index in [2.05, 4.69) is 15.9 Å². The van der Waals surface area contributed by atoms with Gasteiger partial charge in [-0.25, -0.2) is 4.39 Å². The highest BCUT2D eigenvalue weighted by atomic mass is 79.9. The van der Waals surface area contributed by atoms with Crippen molar-refractivity contribution in [3.05, 3.63) is 63.9 Å². The Morgan fingerprint density at radius 3 is 2.38 bits per heavy atom. The molecule has 112 valence electrons. The molecule has 0 saturated heterocycles. The average Bonchev–Trinajstić information content (AvgIpc) is 2.51. The third-order valence-electron chi connectivity index (χ3n) is 3.01. The van der Waals surface area contributed by atoms with Gasteiger partial charge in [0.25, 0.3) is 0 Å². The Labute approximate surface area is 136 Å². The summed E-state index contributed by atoms with van der Waals surface area (Å²) in [6.07, 6.45) is -0.346. The van der Waals surface area contributed by atoms with Gasteiger partial charge in [-0.15, -0.1) is 11.8 Å². The lowest BCUT2D eigenvalue weighted by molar-refractivity contribution is -0.106. The molecule has 0 bridgehead atoms. The van der Waals surface area contributed by atoms with Crippen molar-refractivity contribution in [2.24, 2.45) is 0 Å². The Bertz CT molecular complexity index is 585. The van der Waals surface area contributed by atoms with Crippen molar-refractivity contribution in [2.75, 3.05) is 14.2 Å². The Morgan fingerprint density at radius 1 is 1.10 bits per heavy atom. The van der Waals surface area contributed by atoms with E-state index in [-0.39, 0.29) is 12.1 Å². The molecule has 2 aromatic carbocycles. The molecule has 21 heavy (non-hydrogen) atoms. The fourth-order valence-corrected chi connectivity index (χ4v) is 3.39. The molecular weight excluding hydrogens is 355 g/mol. The first kappa shape index (κ1) is 16.5. The van der Waals surface area contributed by atoms with E-state index in [1.807, 2.05) is 30.3 Å². The van der Waals surface area contributed by atoms with Crippen molar-refractivity contribution in [3.8, 4) is 0 Å². The number of halogens is 2. The second-order valence-corrected chi connectivity index (χ2v) is 6.22. The van der Waals surface area contributed by atoms with Gasteiger partial charge in [0.1, 0.15) is 5.82 Å². The predicted molar refractivity (Wildman–Crippen MR) is 86.9 cm³/mol. The van der Waals surface area contributed by atoms with E-state index < -0.39 is 0 Å². The molecule has 2 rings (SSSR count). The highest BCUT2D eigenvalue weighted by Crippen LogP contribution is 2.29. The molecule has 2 nitrogen and oxygen atoms in total. The van der Waals surface area contributed by atoms with Gasteiger partial charge in [-0.1, -0.05) is 24.3 Å². The van der Waals surface area contributed by atoms with Crippen LogP contribution in [-0.2, 0) is 15.2 Å². The number of methoxy groups -OCH3 is 2. The summed E-state index contributed by atoms with van der Waals surface area (Å²) >= 11 is 4.94. The second kappa shape index (κ2) is 7.94. The van der Waals surface area contributed by atoms with E-state index in [0.29, 0.717) is 10.2 Å². The summed E-state index contributed by atoms with van der Waals surface area (Å²) < 4.78 is 24.4. The van der Waals surface area contributed by atoms with Crippen LogP contribution < -0.4 is 0 Å². The first-order valence-corrected chi connectivity index (χ1v) is 8.14. The van der Waals surface area contributed by atoms with Crippen LogP contribution in [0.25, 0.3) is 0 Å². The fraction of sp³-hybridized carbons (Fsp3) is 0.250. The van der Waals surface area contributed by atoms with Gasteiger partial charge in [0.05, 0.1) is 4.47 Å². The molecular formula is C16H16BrFO2S. The lowest BCUT2D eigenvalue weighted by atomic mass is 10.2. The quantitative estimate of drug-likeness (QED) is 0.516. The van der Waals surface area contributed by atoms with Gasteiger partial charge in [0, 0.05) is 30.4 Å². The largest absolute Gasteiger partial charge is 0.352 e. The molecule has 0 atom stereocenters. The van der Waals surface area contributed by atoms with Crippen LogP contribution in [-0.4, -0.2) is 14.2 Å². The van der Waals surface area contributed by atoms with Gasteiger partial charge in [0.15, 0.2) is 6.29 Å². The van der Waals surface area contributed by atoms with Crippen LogP contribution in [0.15, 0.2) is 51.8 Å². The maximum atomic E-state index is 13.4. The van der Waals surface area contributed by atoms with Gasteiger partial charge in [-0.3, -0.25) is 0 Å². The van der Waals surface area contributed by atoms with E-state index in [9.17, 15) is 4.39 Å². The third kappa shape index (κ3) is 4.30. The Hall–Kier alpha value is -0.880. The molecule has 0 fully saturated rings. The normalized spacial score (nSPS) is 11.1. The summed E-state index contributed by atoms with van der Waals surface area (Å²) in [6.45, 7) is 0. The van der Waals surface area contributed by atoms with Crippen molar-refractivity contribution >= 4 is 27.7 Å². The maximum absolute atomic E-state index is 13.4. The van der Waals surface area contributed by atoms with Crippen LogP contribution in [0.2, 0.25) is 0 Å². The molecule has 0 aliphatic rings. The first-order valence-electron chi connectivity index (χ1n) is 6.37. The SMILES string of the molecule is COC(OC)c1ccc(SCc2cccc(F)c2Br)cc1. The van der Waals surface area contributed by atoms with Crippen LogP contribution in [0.3, 0.4) is 0 Å². The number of hydrogen-bond acceptors (Lipinski definition) is 3. The number of hydrogen-bond donors (Lipinski definition) is 0. The van der Waals surface area contributed by atoms with Gasteiger partial charge in [0.2, 0.25) is 0 Å². The van der Waals surface area contributed by atoms with E-state index >= 15 is 0 Å². The maximum Gasteiger partial charge on any atom is 0.183 e. The number of rotatable bonds is 6. The molecule has 0 spiro atoms. The zero-order valence-electron chi connectivity index (χ0n) is 11.8. The zero-order valence-corrected chi connectivity index (χ0v) is 14.2. The summed E-state index contributed by atoms with van der Waals surface area (Å²) in [5.41, 5.74) is 1.91. The molecule has 5 heteroatoms. The molecule has 0 aliphatic heterocycles. The van der Waals surface area contributed by atoms with Gasteiger partial charge >= 0.3 is 0 Å². The van der Waals surface area contributed by atoms with Gasteiger partial charge < -0.3 is 9.47 Å². The molecule has 0 saturated carbocycles. The average molecular weight is 371 g/mol. The van der Waals surface area contributed by atoms with Gasteiger partial charge in [-0.2, -0.15) is 0 Å². The number of ether oxygens (including phenoxy) is 2. The Balaban J connectivity index is 2.02. The van der Waals surface area contributed by atoms with E-state index in [0.717, 1.165) is 16.0 Å². The summed E-state index contributed by atoms with van der Waals surface area (Å²) in [6, 6.07) is 13.1. The highest BCUT2D eigenvalue weighted by molar-refractivity contribution is 9.10. The van der Waals surface area contributed by atoms with Crippen molar-refractivity contribution in [1.29, 1.82) is 0 Å². The molecule has 0 radical (unpaired) electrons. The summed E-state index contributed by atoms with van der Waals surface area (Å²) in [5.74, 6) is 0.474. The monoisotopic (exact) mass is 370 g/mol. The van der Waals surface area contributed by atoms with Crippen molar-refractivity contribution in [2.45, 2.75) is 16.9 Å². The second-order valence-electron chi connectivity index (χ2n) is 4.37. The first-order chi connectivity index (χ1) is 10.2. The Morgan fingerprint density at radius 2 is 1.76 bits per heavy atom. The minimum absolute atomic E-state index is 0.230. The van der Waals surface area contributed by atoms with E-state index in [1.54, 1.807) is 32.0 Å². The van der Waals surface area contributed by atoms with Crippen LogP contribution in [0.4, 0.5) is 4.39 Å². The smallest absolute Gasteiger partial charge is 0.183 e. The zero-order chi connectivity index (χ0) is 15.2. The molecule has 0 N–H and O–H groups in total. The van der Waals surface area contributed by atoms with Crippen LogP contribution in [0.1, 0.15) is 17.4 Å². The van der Waals surface area contributed by atoms with E-state index in [4.69, 9.17) is 9.47 Å². The summed E-state index contributed by atoms with van der Waals surface area (Å²) in [5, 5.41) is 0. The van der Waals surface area contributed by atoms with Gasteiger partial charge in [-0.05, 0) is 39.7 Å². The van der Waals surface area contributed by atoms with Crippen LogP contribution in [0, 0.1) is 5.82 Å². The molecule has 0 aliphatic carbocycles. The summed E-state index contributed by atoms with van der Waals surface area (Å²) in [4.78, 5) is 1.11. The van der Waals surface area contributed by atoms with Crippen LogP contribution in [0.5, 0.6) is 0 Å². The van der Waals surface area contributed by atoms with Crippen molar-refractivity contribution in [1.82, 2.24) is 0 Å². The topological polar surface area (TPSA) is 18.5 Å². The minimum atomic E-state index is -0.346. The number of thioether (sulfide) groups is 1. The molecule has 2 aromatic rings. The standard InChI is InChI=1S/C16H16BrFO2S/c1-19-16(20-2)11-6-8-13(9-7-11)21-10-12-4-3-5-14(18)15(12)17/h3-9,16H,10H2,1-2H3. The highest BCUT2D eigenvalue weighted by Gasteiger charge is 2.09. The van der Waals surface area contributed by atoms with E-state index in [1.165, 1.54) is 6.07 Å². The van der Waals surface area contributed by atoms with Crippen LogP contribution >= 0.6 is 27.7 Å². The van der Waals surface area contributed by atoms with Crippen molar-refractivity contribution < 1.29 is 13.9 Å². The Kier molecular flexibility index (Phi) is 6.23. The number of benzene rings is 2. The summed E-state index contributed by atoms with van der Waals surface area (Å²) in [7, 11) is 3.22. The molecule has 0 amide bonds. The lowest BCUT2D eigenvalue weighted by Crippen LogP contribution is -2.02. The molecule has 0 heterocycles. The minimum Gasteiger partial charge on any atom is -0.352 e. The predicted octanol–water partition coefficient (Wildman–Crippen LogP) is 5.17. The molecule has 0 aromatic heterocycles. The third-order valence-corrected chi connectivity index (χ3v) is 4.96. The molecule has 0 unspecified atom stereocenters. The van der Waals surface area contributed by atoms with Crippen molar-refractivity contribution in [3.63, 3.8) is 0 Å².